The summed E-state index contributed by atoms with van der Waals surface area (Å²) in [5, 5.41) is 27.5. The summed E-state index contributed by atoms with van der Waals surface area (Å²) >= 11 is 5.94. The summed E-state index contributed by atoms with van der Waals surface area (Å²) < 4.78 is 100. The van der Waals surface area contributed by atoms with E-state index in [1.165, 1.54) is 46.3 Å². The van der Waals surface area contributed by atoms with E-state index in [9.17, 15) is 31.5 Å². The molecule has 0 aliphatic carbocycles. The molecule has 0 saturated heterocycles. The molecule has 4 heterocycles. The molecule has 0 saturated carbocycles. The molecule has 0 amide bonds. The van der Waals surface area contributed by atoms with E-state index in [-0.39, 0.29) is 33.7 Å². The number of aryl methyl sites for hydroxylation is 1. The Morgan fingerprint density at radius 2 is 1.81 bits per heavy atom. The molecule has 0 radical (unpaired) electrons. The Bertz CT molecular complexity index is 1760. The van der Waals surface area contributed by atoms with Crippen molar-refractivity contribution in [2.24, 2.45) is 7.05 Å². The van der Waals surface area contributed by atoms with Gasteiger partial charge in [0, 0.05) is 25.7 Å². The minimum atomic E-state index is -4.93. The molecule has 0 spiro atoms. The minimum Gasteiger partial charge on any atom is -0.618 e. The highest BCUT2D eigenvalue weighted by Gasteiger charge is 2.35. The normalized spacial score (nSPS) is 13.0. The Morgan fingerprint density at radius 1 is 1.05 bits per heavy atom. The number of hydrogen-bond donors (Lipinski definition) is 0. The smallest absolute Gasteiger partial charge is 0.522 e. The molecule has 4 aromatic heterocycles. The van der Waals surface area contributed by atoms with Gasteiger partial charge in [0.1, 0.15) is 12.4 Å². The van der Waals surface area contributed by atoms with E-state index in [0.717, 1.165) is 12.3 Å². The van der Waals surface area contributed by atoms with E-state index in [2.05, 4.69) is 30.2 Å². The average molecular weight is 632 g/mol. The Morgan fingerprint density at radius 3 is 2.44 bits per heavy atom. The molecule has 226 valence electrons. The summed E-state index contributed by atoms with van der Waals surface area (Å²) in [7, 11) is 1.62. The first kappa shape index (κ1) is 29.9. The second kappa shape index (κ2) is 11.3. The molecule has 11 nitrogen and oxygen atoms in total. The van der Waals surface area contributed by atoms with Gasteiger partial charge in [-0.25, -0.2) is 18.7 Å². The molecule has 0 aliphatic heterocycles. The molecule has 0 aliphatic rings. The fraction of sp³-hybridized carbons (Fsp3) is 0.250. The van der Waals surface area contributed by atoms with E-state index in [4.69, 9.17) is 11.6 Å². The maximum Gasteiger partial charge on any atom is 0.522 e. The fourth-order valence-corrected chi connectivity index (χ4v) is 4.46. The quantitative estimate of drug-likeness (QED) is 0.136. The number of alkyl halides is 6. The van der Waals surface area contributed by atoms with Crippen molar-refractivity contribution in [2.45, 2.75) is 25.0 Å². The van der Waals surface area contributed by atoms with Crippen LogP contribution in [0, 0.1) is 11.0 Å². The highest BCUT2D eigenvalue weighted by Crippen LogP contribution is 2.35. The molecule has 0 N–H and O–H groups in total. The van der Waals surface area contributed by atoms with Crippen LogP contribution in [0.3, 0.4) is 0 Å². The SMILES string of the molecule is Cn1ncnc1-c1cnn([C@H](CCOC(F)(F)F)c2ccc(-c3c(-n4cc(C(F)(F)F)nn4)ccc(Cl)c3F)c[n+]2[O-])c1. The zero-order valence-electron chi connectivity index (χ0n) is 21.6. The van der Waals surface area contributed by atoms with E-state index in [1.54, 1.807) is 7.05 Å². The second-order valence-electron chi connectivity index (χ2n) is 8.98. The van der Waals surface area contributed by atoms with Crippen LogP contribution in [-0.4, -0.2) is 52.5 Å². The van der Waals surface area contributed by atoms with Crippen molar-refractivity contribution in [3.63, 3.8) is 0 Å². The molecule has 43 heavy (non-hydrogen) atoms. The molecule has 0 bridgehead atoms. The van der Waals surface area contributed by atoms with Gasteiger partial charge in [0.15, 0.2) is 23.5 Å². The van der Waals surface area contributed by atoms with Crippen LogP contribution in [0.2, 0.25) is 5.02 Å². The van der Waals surface area contributed by atoms with Gasteiger partial charge in [0.25, 0.3) is 0 Å². The monoisotopic (exact) mass is 631 g/mol. The highest BCUT2D eigenvalue weighted by molar-refractivity contribution is 6.31. The van der Waals surface area contributed by atoms with E-state index in [1.807, 2.05) is 0 Å². The van der Waals surface area contributed by atoms with Crippen LogP contribution in [0.1, 0.15) is 23.9 Å². The van der Waals surface area contributed by atoms with Gasteiger partial charge >= 0.3 is 12.5 Å². The summed E-state index contributed by atoms with van der Waals surface area (Å²) in [6.07, 6.45) is -4.56. The Labute approximate surface area is 241 Å². The van der Waals surface area contributed by atoms with E-state index >= 15 is 4.39 Å². The molecule has 1 atom stereocenters. The first-order valence-corrected chi connectivity index (χ1v) is 12.4. The number of hydrogen-bond acceptors (Lipinski definition) is 7. The standard InChI is InChI=1S/C24H17ClF7N9O2/c1-38-22(33-12-35-38)14-8-34-39(9-14)16(6-7-43-24(30,31)32)17-4-2-13(10-41(17)42)20-18(5-3-15(25)21(20)26)40-11-19(36-37-40)23(27,28)29/h2-5,8-12,16H,6-7H2,1H3/t16-/m1/s1. The number of halogens is 8. The van der Waals surface area contributed by atoms with Gasteiger partial charge in [-0.3, -0.25) is 9.42 Å². The third-order valence-electron chi connectivity index (χ3n) is 6.23. The van der Waals surface area contributed by atoms with Crippen molar-refractivity contribution in [3.05, 3.63) is 82.8 Å². The lowest BCUT2D eigenvalue weighted by Crippen LogP contribution is -2.36. The lowest BCUT2D eigenvalue weighted by molar-refractivity contribution is -0.615. The van der Waals surface area contributed by atoms with Crippen LogP contribution >= 0.6 is 11.6 Å². The molecular weight excluding hydrogens is 615 g/mol. The zero-order chi connectivity index (χ0) is 31.1. The van der Waals surface area contributed by atoms with Crippen LogP contribution in [0.4, 0.5) is 30.7 Å². The number of ether oxygens (including phenoxy) is 1. The average Bonchev–Trinajstić information content (AvgIpc) is 3.69. The number of rotatable bonds is 8. The second-order valence-corrected chi connectivity index (χ2v) is 9.39. The molecule has 19 heteroatoms. The predicted octanol–water partition coefficient (Wildman–Crippen LogP) is 4.89. The number of pyridine rings is 1. The Balaban J connectivity index is 1.55. The summed E-state index contributed by atoms with van der Waals surface area (Å²) in [4.78, 5) is 4.09. The van der Waals surface area contributed by atoms with Crippen molar-refractivity contribution < 1.29 is 40.2 Å². The van der Waals surface area contributed by atoms with Crippen LogP contribution in [0.15, 0.2) is 55.4 Å². The number of aromatic nitrogens is 9. The van der Waals surface area contributed by atoms with Gasteiger partial charge in [-0.2, -0.15) is 28.1 Å². The fourth-order valence-electron chi connectivity index (χ4n) is 4.30. The Kier molecular flexibility index (Phi) is 7.82. The lowest BCUT2D eigenvalue weighted by Gasteiger charge is -2.19. The molecule has 0 fully saturated rings. The number of nitrogens with zero attached hydrogens (tertiary/aromatic N) is 9. The zero-order valence-corrected chi connectivity index (χ0v) is 22.3. The van der Waals surface area contributed by atoms with Gasteiger partial charge in [-0.05, 0) is 18.2 Å². The van der Waals surface area contributed by atoms with E-state index < -0.39 is 41.7 Å². The van der Waals surface area contributed by atoms with Crippen molar-refractivity contribution >= 4 is 11.6 Å². The van der Waals surface area contributed by atoms with Crippen LogP contribution in [-0.2, 0) is 18.0 Å². The molecule has 0 unspecified atom stereocenters. The van der Waals surface area contributed by atoms with Crippen molar-refractivity contribution in [3.8, 4) is 28.2 Å². The maximum absolute atomic E-state index is 15.3. The lowest BCUT2D eigenvalue weighted by atomic mass is 10.0. The van der Waals surface area contributed by atoms with Crippen molar-refractivity contribution in [1.82, 2.24) is 39.5 Å². The topological polar surface area (TPSA) is 115 Å². The summed E-state index contributed by atoms with van der Waals surface area (Å²) in [6, 6.07) is 3.65. The van der Waals surface area contributed by atoms with Crippen LogP contribution in [0.5, 0.6) is 0 Å². The van der Waals surface area contributed by atoms with Gasteiger partial charge in [-0.15, -0.1) is 18.3 Å². The molecule has 5 rings (SSSR count). The van der Waals surface area contributed by atoms with Gasteiger partial charge in [-0.1, -0.05) is 16.8 Å². The highest BCUT2D eigenvalue weighted by atomic mass is 35.5. The third-order valence-corrected chi connectivity index (χ3v) is 6.52. The first-order valence-electron chi connectivity index (χ1n) is 12.0. The largest absolute Gasteiger partial charge is 0.618 e. The van der Waals surface area contributed by atoms with Gasteiger partial charge in [0.2, 0.25) is 5.69 Å². The molecular formula is C24H17ClF7N9O2. The summed E-state index contributed by atoms with van der Waals surface area (Å²) in [5.74, 6) is -0.667. The third kappa shape index (κ3) is 6.29. The molecule has 1 aromatic carbocycles. The van der Waals surface area contributed by atoms with Gasteiger partial charge in [0.05, 0.1) is 46.4 Å². The van der Waals surface area contributed by atoms with Gasteiger partial charge < -0.3 is 5.21 Å². The maximum atomic E-state index is 15.3. The first-order chi connectivity index (χ1) is 20.2. The minimum absolute atomic E-state index is 0.105. The van der Waals surface area contributed by atoms with Crippen molar-refractivity contribution in [1.29, 1.82) is 0 Å². The summed E-state index contributed by atoms with van der Waals surface area (Å²) in [6.45, 7) is -0.837. The van der Waals surface area contributed by atoms with Crippen molar-refractivity contribution in [2.75, 3.05) is 6.61 Å². The predicted molar refractivity (Wildman–Crippen MR) is 133 cm³/mol. The summed E-state index contributed by atoms with van der Waals surface area (Å²) in [5.41, 5.74) is -1.70. The Hall–Kier alpha value is -4.58. The van der Waals surface area contributed by atoms with Crippen LogP contribution < -0.4 is 4.73 Å². The molecule has 5 aromatic rings. The van der Waals surface area contributed by atoms with E-state index in [0.29, 0.717) is 22.3 Å². The number of benzene rings is 1. The van der Waals surface area contributed by atoms with Crippen LogP contribution in [0.25, 0.3) is 28.2 Å².